The van der Waals surface area contributed by atoms with E-state index in [-0.39, 0.29) is 0 Å². The number of nitrogens with zero attached hydrogens (tertiary/aromatic N) is 2. The molecular weight excluding hydrogens is 219 g/mol. The summed E-state index contributed by atoms with van der Waals surface area (Å²) in [6, 6.07) is 1.59. The van der Waals surface area contributed by atoms with E-state index in [1.54, 1.807) is 12.3 Å². The summed E-state index contributed by atoms with van der Waals surface area (Å²) in [6.07, 6.45) is 4.81. The van der Waals surface area contributed by atoms with Gasteiger partial charge in [-0.15, -0.1) is 0 Å². The summed E-state index contributed by atoms with van der Waals surface area (Å²) in [6.45, 7) is 4.88. The average molecular weight is 238 g/mol. The topological polar surface area (TPSA) is 36.4 Å². The Morgan fingerprint density at radius 1 is 1.47 bits per heavy atom. The van der Waals surface area contributed by atoms with Crippen LogP contribution in [-0.4, -0.2) is 34.6 Å². The van der Waals surface area contributed by atoms with Crippen LogP contribution in [0, 0.1) is 5.82 Å². The third kappa shape index (κ3) is 2.64. The number of aromatic nitrogens is 1. The summed E-state index contributed by atoms with van der Waals surface area (Å²) < 4.78 is 13.7. The van der Waals surface area contributed by atoms with Crippen LogP contribution in [0.25, 0.3) is 0 Å². The molecule has 0 aromatic carbocycles. The highest BCUT2D eigenvalue weighted by atomic mass is 19.1. The largest absolute Gasteiger partial charge is 0.385 e. The Morgan fingerprint density at radius 3 is 3.00 bits per heavy atom. The van der Waals surface area contributed by atoms with Gasteiger partial charge < -0.3 is 10.0 Å². The number of hydrogen-bond acceptors (Lipinski definition) is 3. The molecule has 4 heteroatoms. The first-order valence-corrected chi connectivity index (χ1v) is 6.20. The van der Waals surface area contributed by atoms with Crippen molar-refractivity contribution in [2.45, 2.75) is 31.8 Å². The van der Waals surface area contributed by atoms with Crippen LogP contribution in [0.5, 0.6) is 0 Å². The third-order valence-electron chi connectivity index (χ3n) is 3.63. The zero-order valence-electron chi connectivity index (χ0n) is 10.2. The molecule has 1 unspecified atom stereocenters. The van der Waals surface area contributed by atoms with Crippen molar-refractivity contribution in [3.63, 3.8) is 0 Å². The quantitative estimate of drug-likeness (QED) is 0.855. The third-order valence-corrected chi connectivity index (χ3v) is 3.63. The molecule has 17 heavy (non-hydrogen) atoms. The molecule has 1 atom stereocenters. The molecule has 1 N–H and O–H groups in total. The lowest BCUT2D eigenvalue weighted by molar-refractivity contribution is 0.0178. The van der Waals surface area contributed by atoms with Crippen LogP contribution in [0.1, 0.15) is 31.7 Å². The van der Waals surface area contributed by atoms with Crippen molar-refractivity contribution in [3.8, 4) is 0 Å². The highest BCUT2D eigenvalue weighted by Gasteiger charge is 2.33. The van der Waals surface area contributed by atoms with Gasteiger partial charge in [-0.05, 0) is 38.4 Å². The zero-order valence-corrected chi connectivity index (χ0v) is 10.2. The molecule has 1 saturated heterocycles. The maximum atomic E-state index is 13.7. The molecule has 2 rings (SSSR count). The molecule has 3 nitrogen and oxygen atoms in total. The lowest BCUT2D eigenvalue weighted by Crippen LogP contribution is -2.30. The molecule has 1 aliphatic rings. The molecule has 1 aromatic rings. The van der Waals surface area contributed by atoms with Gasteiger partial charge in [0.25, 0.3) is 0 Å². The van der Waals surface area contributed by atoms with Gasteiger partial charge in [0, 0.05) is 18.3 Å². The first-order valence-electron chi connectivity index (χ1n) is 6.20. The van der Waals surface area contributed by atoms with E-state index >= 15 is 0 Å². The average Bonchev–Trinajstić information content (AvgIpc) is 2.52. The van der Waals surface area contributed by atoms with Gasteiger partial charge in [0.2, 0.25) is 0 Å². The Labute approximate surface area is 101 Å². The summed E-state index contributed by atoms with van der Waals surface area (Å²) in [5.41, 5.74) is -0.637. The maximum absolute atomic E-state index is 13.7. The minimum Gasteiger partial charge on any atom is -0.385 e. The van der Waals surface area contributed by atoms with Crippen LogP contribution in [0.2, 0.25) is 0 Å². The normalized spacial score (nSPS) is 26.8. The summed E-state index contributed by atoms with van der Waals surface area (Å²) >= 11 is 0. The van der Waals surface area contributed by atoms with Gasteiger partial charge in [0.15, 0.2) is 0 Å². The fraction of sp³-hybridized carbons (Fsp3) is 0.615. The highest BCUT2D eigenvalue weighted by Crippen LogP contribution is 2.33. The van der Waals surface area contributed by atoms with Crippen molar-refractivity contribution >= 4 is 0 Å². The predicted octanol–water partition coefficient (Wildman–Crippen LogP) is 1.91. The van der Waals surface area contributed by atoms with E-state index < -0.39 is 11.4 Å². The standard InChI is InChI=1S/C13H19FN2O/c1-2-16-8-3-5-13(17,6-9-16)11-4-7-15-10-12(11)14/h4,7,10,17H,2-3,5-6,8-9H2,1H3. The molecule has 0 bridgehead atoms. The zero-order chi connectivity index (χ0) is 12.3. The van der Waals surface area contributed by atoms with E-state index in [2.05, 4.69) is 16.8 Å². The highest BCUT2D eigenvalue weighted by molar-refractivity contribution is 5.21. The molecule has 1 fully saturated rings. The molecular formula is C13H19FN2O. The number of halogens is 1. The minimum absolute atomic E-state index is 0.394. The molecule has 0 amide bonds. The van der Waals surface area contributed by atoms with E-state index in [1.807, 2.05) is 0 Å². The number of rotatable bonds is 2. The molecule has 1 aromatic heterocycles. The van der Waals surface area contributed by atoms with Crippen molar-refractivity contribution < 1.29 is 9.50 Å². The Kier molecular flexibility index (Phi) is 3.74. The van der Waals surface area contributed by atoms with Crippen molar-refractivity contribution in [2.24, 2.45) is 0 Å². The Hall–Kier alpha value is -1.00. The van der Waals surface area contributed by atoms with Crippen molar-refractivity contribution in [3.05, 3.63) is 29.8 Å². The number of likely N-dealkylation sites (tertiary alicyclic amines) is 1. The lowest BCUT2D eigenvalue weighted by Gasteiger charge is -2.27. The predicted molar refractivity (Wildman–Crippen MR) is 64.1 cm³/mol. The minimum atomic E-state index is -1.03. The van der Waals surface area contributed by atoms with Crippen molar-refractivity contribution in [2.75, 3.05) is 19.6 Å². The molecule has 0 radical (unpaired) electrons. The fourth-order valence-electron chi connectivity index (χ4n) is 2.51. The van der Waals surface area contributed by atoms with E-state index in [0.29, 0.717) is 18.4 Å². The first kappa shape index (κ1) is 12.5. The van der Waals surface area contributed by atoms with Crippen LogP contribution < -0.4 is 0 Å². The Bertz CT molecular complexity index is 385. The monoisotopic (exact) mass is 238 g/mol. The van der Waals surface area contributed by atoms with Crippen LogP contribution in [-0.2, 0) is 5.60 Å². The maximum Gasteiger partial charge on any atom is 0.147 e. The van der Waals surface area contributed by atoms with Gasteiger partial charge in [-0.1, -0.05) is 6.92 Å². The van der Waals surface area contributed by atoms with Gasteiger partial charge in [-0.25, -0.2) is 4.39 Å². The van der Waals surface area contributed by atoms with Gasteiger partial charge in [0.05, 0.1) is 11.8 Å². The summed E-state index contributed by atoms with van der Waals surface area (Å²) in [5.74, 6) is -0.403. The van der Waals surface area contributed by atoms with E-state index in [1.165, 1.54) is 6.20 Å². The molecule has 0 spiro atoms. The van der Waals surface area contributed by atoms with Gasteiger partial charge in [-0.2, -0.15) is 0 Å². The summed E-state index contributed by atoms with van der Waals surface area (Å²) in [4.78, 5) is 6.02. The SMILES string of the molecule is CCN1CCCC(O)(c2ccncc2F)CC1. The number of hydrogen-bond donors (Lipinski definition) is 1. The molecule has 2 heterocycles. The van der Waals surface area contributed by atoms with Gasteiger partial charge in [-0.3, -0.25) is 4.98 Å². The van der Waals surface area contributed by atoms with E-state index in [4.69, 9.17) is 0 Å². The van der Waals surface area contributed by atoms with Crippen LogP contribution in [0.3, 0.4) is 0 Å². The second kappa shape index (κ2) is 5.10. The van der Waals surface area contributed by atoms with E-state index in [9.17, 15) is 9.50 Å². The summed E-state index contributed by atoms with van der Waals surface area (Å²) in [5, 5.41) is 10.6. The smallest absolute Gasteiger partial charge is 0.147 e. The Balaban J connectivity index is 2.21. The first-order chi connectivity index (χ1) is 8.15. The molecule has 94 valence electrons. The Morgan fingerprint density at radius 2 is 2.29 bits per heavy atom. The fourth-order valence-corrected chi connectivity index (χ4v) is 2.51. The second-order valence-corrected chi connectivity index (χ2v) is 4.67. The van der Waals surface area contributed by atoms with Crippen LogP contribution in [0.4, 0.5) is 4.39 Å². The lowest BCUT2D eigenvalue weighted by atomic mass is 9.87. The van der Waals surface area contributed by atoms with Crippen molar-refractivity contribution in [1.82, 2.24) is 9.88 Å². The molecule has 1 aliphatic heterocycles. The molecule has 0 aliphatic carbocycles. The van der Waals surface area contributed by atoms with Crippen molar-refractivity contribution in [1.29, 1.82) is 0 Å². The van der Waals surface area contributed by atoms with Crippen LogP contribution in [0.15, 0.2) is 18.5 Å². The van der Waals surface area contributed by atoms with Gasteiger partial charge in [0.1, 0.15) is 5.82 Å². The van der Waals surface area contributed by atoms with E-state index in [0.717, 1.165) is 26.1 Å². The van der Waals surface area contributed by atoms with Gasteiger partial charge >= 0.3 is 0 Å². The molecule has 0 saturated carbocycles. The van der Waals surface area contributed by atoms with Crippen LogP contribution >= 0.6 is 0 Å². The number of pyridine rings is 1. The number of aliphatic hydroxyl groups is 1. The second-order valence-electron chi connectivity index (χ2n) is 4.67. The summed E-state index contributed by atoms with van der Waals surface area (Å²) in [7, 11) is 0.